The Morgan fingerprint density at radius 2 is 1.95 bits per heavy atom. The number of hydrogen-bond donors (Lipinski definition) is 2. The summed E-state index contributed by atoms with van der Waals surface area (Å²) in [6.07, 6.45) is 0. The number of benzene rings is 2. The summed E-state index contributed by atoms with van der Waals surface area (Å²) >= 11 is 3.28. The highest BCUT2D eigenvalue weighted by Gasteiger charge is 2.11. The number of phenols is 1. The van der Waals surface area contributed by atoms with Gasteiger partial charge in [0, 0.05) is 4.47 Å². The first-order valence-electron chi connectivity index (χ1n) is 5.72. The lowest BCUT2D eigenvalue weighted by molar-refractivity contribution is -0.118. The fourth-order valence-electron chi connectivity index (χ4n) is 1.49. The zero-order chi connectivity index (χ0) is 14.5. The third kappa shape index (κ3) is 3.71. The maximum Gasteiger partial charge on any atom is 0.262 e. The van der Waals surface area contributed by atoms with Gasteiger partial charge in [0.2, 0.25) is 0 Å². The Morgan fingerprint density at radius 3 is 2.60 bits per heavy atom. The molecule has 0 saturated carbocycles. The van der Waals surface area contributed by atoms with Gasteiger partial charge in [-0.25, -0.2) is 4.39 Å². The second kappa shape index (κ2) is 6.38. The molecule has 6 heteroatoms. The summed E-state index contributed by atoms with van der Waals surface area (Å²) < 4.78 is 19.5. The monoisotopic (exact) mass is 339 g/mol. The van der Waals surface area contributed by atoms with Crippen molar-refractivity contribution in [2.75, 3.05) is 11.9 Å². The molecular weight excluding hydrogens is 329 g/mol. The number of amides is 1. The van der Waals surface area contributed by atoms with E-state index in [0.717, 1.165) is 10.5 Å². The van der Waals surface area contributed by atoms with Gasteiger partial charge in [-0.15, -0.1) is 0 Å². The Balaban J connectivity index is 1.94. The van der Waals surface area contributed by atoms with Gasteiger partial charge in [0.1, 0.15) is 17.2 Å². The number of phenolic OH excluding ortho intramolecular Hbond substituents is 1. The van der Waals surface area contributed by atoms with Gasteiger partial charge in [-0.3, -0.25) is 4.79 Å². The van der Waals surface area contributed by atoms with Crippen molar-refractivity contribution in [1.82, 2.24) is 0 Å². The first-order chi connectivity index (χ1) is 9.56. The summed E-state index contributed by atoms with van der Waals surface area (Å²) in [7, 11) is 0. The predicted molar refractivity (Wildman–Crippen MR) is 76.3 cm³/mol. The van der Waals surface area contributed by atoms with E-state index < -0.39 is 11.7 Å². The SMILES string of the molecule is O=C(COc1ccc(Br)cc1)Nc1c(O)cccc1F. The normalized spacial score (nSPS) is 10.1. The maximum atomic E-state index is 13.4. The van der Waals surface area contributed by atoms with Crippen molar-refractivity contribution < 1.29 is 19.0 Å². The summed E-state index contributed by atoms with van der Waals surface area (Å²) in [6.45, 7) is -0.282. The van der Waals surface area contributed by atoms with Crippen LogP contribution in [0.15, 0.2) is 46.9 Å². The topological polar surface area (TPSA) is 58.6 Å². The van der Waals surface area contributed by atoms with Crippen LogP contribution in [0.5, 0.6) is 11.5 Å². The third-order valence-electron chi connectivity index (χ3n) is 2.44. The number of hydrogen-bond acceptors (Lipinski definition) is 3. The highest BCUT2D eigenvalue weighted by molar-refractivity contribution is 9.10. The second-order valence-electron chi connectivity index (χ2n) is 3.92. The van der Waals surface area contributed by atoms with E-state index in [-0.39, 0.29) is 18.0 Å². The van der Waals surface area contributed by atoms with Crippen LogP contribution in [0, 0.1) is 5.82 Å². The van der Waals surface area contributed by atoms with Gasteiger partial charge in [0.15, 0.2) is 12.4 Å². The molecule has 0 radical (unpaired) electrons. The first-order valence-corrected chi connectivity index (χ1v) is 6.51. The standard InChI is InChI=1S/C14H11BrFNO3/c15-9-4-6-10(7-5-9)20-8-13(19)17-14-11(16)2-1-3-12(14)18/h1-7,18H,8H2,(H,17,19). The van der Waals surface area contributed by atoms with Crippen LogP contribution < -0.4 is 10.1 Å². The zero-order valence-corrected chi connectivity index (χ0v) is 11.9. The van der Waals surface area contributed by atoms with E-state index in [2.05, 4.69) is 21.2 Å². The summed E-state index contributed by atoms with van der Waals surface area (Å²) in [4.78, 5) is 11.6. The molecule has 0 spiro atoms. The van der Waals surface area contributed by atoms with Crippen LogP contribution in [0.4, 0.5) is 10.1 Å². The molecule has 0 aliphatic carbocycles. The molecule has 0 bridgehead atoms. The average Bonchev–Trinajstić information content (AvgIpc) is 2.42. The van der Waals surface area contributed by atoms with Gasteiger partial charge >= 0.3 is 0 Å². The fourth-order valence-corrected chi connectivity index (χ4v) is 1.76. The van der Waals surface area contributed by atoms with Crippen LogP contribution in [0.25, 0.3) is 0 Å². The van der Waals surface area contributed by atoms with Crippen LogP contribution in [0.3, 0.4) is 0 Å². The van der Waals surface area contributed by atoms with Gasteiger partial charge in [-0.05, 0) is 36.4 Å². The van der Waals surface area contributed by atoms with E-state index >= 15 is 0 Å². The van der Waals surface area contributed by atoms with Gasteiger partial charge < -0.3 is 15.2 Å². The van der Waals surface area contributed by atoms with Crippen LogP contribution >= 0.6 is 15.9 Å². The van der Waals surface area contributed by atoms with Crippen LogP contribution in [0.1, 0.15) is 0 Å². The number of rotatable bonds is 4. The van der Waals surface area contributed by atoms with Crippen molar-refractivity contribution in [3.05, 3.63) is 52.8 Å². The highest BCUT2D eigenvalue weighted by atomic mass is 79.9. The molecule has 2 aromatic carbocycles. The molecule has 0 aliphatic heterocycles. The van der Waals surface area contributed by atoms with E-state index in [9.17, 15) is 14.3 Å². The Bertz CT molecular complexity index is 596. The highest BCUT2D eigenvalue weighted by Crippen LogP contribution is 2.25. The van der Waals surface area contributed by atoms with E-state index in [0.29, 0.717) is 5.75 Å². The minimum atomic E-state index is -0.706. The van der Waals surface area contributed by atoms with Gasteiger partial charge in [-0.1, -0.05) is 22.0 Å². The molecule has 2 rings (SSSR count). The number of carbonyl (C=O) groups excluding carboxylic acids is 1. The van der Waals surface area contributed by atoms with E-state index in [1.165, 1.54) is 12.1 Å². The number of ether oxygens (including phenoxy) is 1. The minimum Gasteiger partial charge on any atom is -0.506 e. The average molecular weight is 340 g/mol. The molecule has 0 aromatic heterocycles. The third-order valence-corrected chi connectivity index (χ3v) is 2.97. The Kier molecular flexibility index (Phi) is 4.57. The molecular formula is C14H11BrFNO3. The van der Waals surface area contributed by atoms with Gasteiger partial charge in [0.05, 0.1) is 0 Å². The van der Waals surface area contributed by atoms with Gasteiger partial charge in [-0.2, -0.15) is 0 Å². The molecule has 2 N–H and O–H groups in total. The molecule has 1 amide bonds. The smallest absolute Gasteiger partial charge is 0.262 e. The van der Waals surface area contributed by atoms with Gasteiger partial charge in [0.25, 0.3) is 5.91 Å². The van der Waals surface area contributed by atoms with Crippen molar-refractivity contribution in [3.8, 4) is 11.5 Å². The van der Waals surface area contributed by atoms with E-state index in [1.54, 1.807) is 24.3 Å². The summed E-state index contributed by atoms with van der Waals surface area (Å²) in [6, 6.07) is 10.7. The van der Waals surface area contributed by atoms with Crippen molar-refractivity contribution in [3.63, 3.8) is 0 Å². The van der Waals surface area contributed by atoms with Crippen molar-refractivity contribution >= 4 is 27.5 Å². The first kappa shape index (κ1) is 14.3. The summed E-state index contributed by atoms with van der Waals surface area (Å²) in [5.74, 6) is -1.08. The summed E-state index contributed by atoms with van der Waals surface area (Å²) in [5.41, 5.74) is -0.253. The minimum absolute atomic E-state index is 0.253. The molecule has 0 heterocycles. The number of aromatic hydroxyl groups is 1. The number of nitrogens with one attached hydrogen (secondary N) is 1. The number of carbonyl (C=O) groups is 1. The Hall–Kier alpha value is -2.08. The number of halogens is 2. The second-order valence-corrected chi connectivity index (χ2v) is 4.84. The number of anilines is 1. The number of para-hydroxylation sites is 1. The molecule has 20 heavy (non-hydrogen) atoms. The van der Waals surface area contributed by atoms with E-state index in [1.807, 2.05) is 0 Å². The Labute approximate surface area is 123 Å². The molecule has 4 nitrogen and oxygen atoms in total. The quantitative estimate of drug-likeness (QED) is 0.840. The van der Waals surface area contributed by atoms with Crippen molar-refractivity contribution in [2.45, 2.75) is 0 Å². The molecule has 2 aromatic rings. The molecule has 0 unspecified atom stereocenters. The molecule has 0 atom stereocenters. The lowest BCUT2D eigenvalue weighted by Crippen LogP contribution is -2.20. The van der Waals surface area contributed by atoms with Crippen LogP contribution in [-0.2, 0) is 4.79 Å². The lowest BCUT2D eigenvalue weighted by atomic mass is 10.3. The zero-order valence-electron chi connectivity index (χ0n) is 10.3. The molecule has 0 saturated heterocycles. The van der Waals surface area contributed by atoms with E-state index in [4.69, 9.17) is 4.74 Å². The lowest BCUT2D eigenvalue weighted by Gasteiger charge is -2.09. The van der Waals surface area contributed by atoms with Crippen molar-refractivity contribution in [1.29, 1.82) is 0 Å². The molecule has 0 aliphatic rings. The van der Waals surface area contributed by atoms with Crippen LogP contribution in [-0.4, -0.2) is 17.6 Å². The van der Waals surface area contributed by atoms with Crippen molar-refractivity contribution in [2.24, 2.45) is 0 Å². The maximum absolute atomic E-state index is 13.4. The largest absolute Gasteiger partial charge is 0.506 e. The molecule has 0 fully saturated rings. The predicted octanol–water partition coefficient (Wildman–Crippen LogP) is 3.31. The molecule has 104 valence electrons. The fraction of sp³-hybridized carbons (Fsp3) is 0.0714. The van der Waals surface area contributed by atoms with Crippen LogP contribution in [0.2, 0.25) is 0 Å². The summed E-state index contributed by atoms with van der Waals surface area (Å²) in [5, 5.41) is 11.7. The Morgan fingerprint density at radius 1 is 1.25 bits per heavy atom.